The smallest absolute Gasteiger partial charge is 0.308 e. The molecule has 0 aliphatic rings. The van der Waals surface area contributed by atoms with Crippen LogP contribution < -0.4 is 10.1 Å². The van der Waals surface area contributed by atoms with Crippen molar-refractivity contribution in [2.75, 3.05) is 0 Å². The van der Waals surface area contributed by atoms with Crippen LogP contribution in [-0.4, -0.2) is 21.4 Å². The first-order valence-electron chi connectivity index (χ1n) is 8.16. The van der Waals surface area contributed by atoms with Gasteiger partial charge in [-0.15, -0.1) is 0 Å². The number of nitrogens with zero attached hydrogens (tertiary/aromatic N) is 2. The molecule has 1 unspecified atom stereocenters. The minimum atomic E-state index is -0.402. The van der Waals surface area contributed by atoms with Gasteiger partial charge in [0.1, 0.15) is 17.6 Å². The Morgan fingerprint density at radius 3 is 2.35 bits per heavy atom. The molecule has 3 rings (SSSR count). The molecule has 2 aromatic carbocycles. The zero-order valence-electron chi connectivity index (χ0n) is 14.5. The van der Waals surface area contributed by atoms with Crippen molar-refractivity contribution in [3.05, 3.63) is 83.9 Å². The lowest BCUT2D eigenvalue weighted by atomic mass is 10.1. The number of esters is 1. The first-order valence-corrected chi connectivity index (χ1v) is 8.16. The zero-order chi connectivity index (χ0) is 18.5. The van der Waals surface area contributed by atoms with Gasteiger partial charge in [-0.25, -0.2) is 4.98 Å². The molecule has 1 heterocycles. The topological polar surface area (TPSA) is 73.2 Å². The Labute approximate surface area is 151 Å². The molecule has 1 N–H and O–H groups in total. The standard InChI is InChI=1S/C20H19N3O3/c1-14(24)26-17-10-8-16(9-11-17)20(25)22-18(15-6-4-3-5-7-15)19-21-12-13-23(19)2/h3-13,18H,1-2H3,(H,22,25). The van der Waals surface area contributed by atoms with Gasteiger partial charge in [0.05, 0.1) is 0 Å². The van der Waals surface area contributed by atoms with Crippen LogP contribution in [0.25, 0.3) is 0 Å². The van der Waals surface area contributed by atoms with Crippen molar-refractivity contribution in [2.24, 2.45) is 7.05 Å². The van der Waals surface area contributed by atoms with Crippen molar-refractivity contribution < 1.29 is 14.3 Å². The first-order chi connectivity index (χ1) is 12.5. The monoisotopic (exact) mass is 349 g/mol. The quantitative estimate of drug-likeness (QED) is 0.568. The van der Waals surface area contributed by atoms with Gasteiger partial charge in [0.15, 0.2) is 0 Å². The SMILES string of the molecule is CC(=O)Oc1ccc(C(=O)NC(c2ccccc2)c2nccn2C)cc1. The predicted octanol–water partition coefficient (Wildman–Crippen LogP) is 2.86. The summed E-state index contributed by atoms with van der Waals surface area (Å²) in [6, 6.07) is 15.7. The number of nitrogens with one attached hydrogen (secondary N) is 1. The molecule has 26 heavy (non-hydrogen) atoms. The summed E-state index contributed by atoms with van der Waals surface area (Å²) in [5.74, 6) is 0.496. The summed E-state index contributed by atoms with van der Waals surface area (Å²) in [5, 5.41) is 3.02. The molecule has 6 heteroatoms. The summed E-state index contributed by atoms with van der Waals surface area (Å²) in [4.78, 5) is 28.1. The molecule has 0 aliphatic heterocycles. The van der Waals surface area contributed by atoms with E-state index in [4.69, 9.17) is 4.74 Å². The van der Waals surface area contributed by atoms with Crippen LogP contribution in [0.15, 0.2) is 67.0 Å². The van der Waals surface area contributed by atoms with E-state index in [1.54, 1.807) is 30.5 Å². The fraction of sp³-hybridized carbons (Fsp3) is 0.150. The number of benzene rings is 2. The molecule has 0 saturated carbocycles. The van der Waals surface area contributed by atoms with Gasteiger partial charge >= 0.3 is 5.97 Å². The Balaban J connectivity index is 1.84. The molecule has 0 spiro atoms. The van der Waals surface area contributed by atoms with Crippen LogP contribution in [0.1, 0.15) is 34.7 Å². The number of amides is 1. The highest BCUT2D eigenvalue weighted by Gasteiger charge is 2.21. The summed E-state index contributed by atoms with van der Waals surface area (Å²) in [5.41, 5.74) is 1.41. The molecule has 1 atom stereocenters. The van der Waals surface area contributed by atoms with E-state index >= 15 is 0 Å². The van der Waals surface area contributed by atoms with Gasteiger partial charge in [0, 0.05) is 31.9 Å². The van der Waals surface area contributed by atoms with Crippen LogP contribution >= 0.6 is 0 Å². The maximum Gasteiger partial charge on any atom is 0.308 e. The Morgan fingerprint density at radius 1 is 1.08 bits per heavy atom. The lowest BCUT2D eigenvalue weighted by Crippen LogP contribution is -2.31. The number of imidazole rings is 1. The van der Waals surface area contributed by atoms with Crippen LogP contribution in [0, 0.1) is 0 Å². The maximum absolute atomic E-state index is 12.7. The van der Waals surface area contributed by atoms with Gasteiger partial charge in [-0.05, 0) is 29.8 Å². The Morgan fingerprint density at radius 2 is 1.77 bits per heavy atom. The van der Waals surface area contributed by atoms with E-state index < -0.39 is 5.97 Å². The molecule has 3 aromatic rings. The minimum absolute atomic E-state index is 0.240. The Hall–Kier alpha value is -3.41. The van der Waals surface area contributed by atoms with Gasteiger partial charge in [0.25, 0.3) is 5.91 Å². The largest absolute Gasteiger partial charge is 0.427 e. The highest BCUT2D eigenvalue weighted by molar-refractivity contribution is 5.94. The molecule has 6 nitrogen and oxygen atoms in total. The molecule has 0 aliphatic carbocycles. The predicted molar refractivity (Wildman–Crippen MR) is 96.7 cm³/mol. The summed E-state index contributed by atoms with van der Waals surface area (Å²) < 4.78 is 6.87. The lowest BCUT2D eigenvalue weighted by molar-refractivity contribution is -0.131. The van der Waals surface area contributed by atoms with E-state index in [-0.39, 0.29) is 11.9 Å². The van der Waals surface area contributed by atoms with E-state index in [1.165, 1.54) is 6.92 Å². The van der Waals surface area contributed by atoms with Crippen LogP contribution in [-0.2, 0) is 11.8 Å². The number of carbonyl (C=O) groups is 2. The van der Waals surface area contributed by atoms with Crippen molar-refractivity contribution in [1.82, 2.24) is 14.9 Å². The Kier molecular flexibility index (Phi) is 5.12. The molecular formula is C20H19N3O3. The zero-order valence-corrected chi connectivity index (χ0v) is 14.5. The number of aromatic nitrogens is 2. The van der Waals surface area contributed by atoms with Crippen molar-refractivity contribution >= 4 is 11.9 Å². The molecule has 132 valence electrons. The van der Waals surface area contributed by atoms with E-state index in [2.05, 4.69) is 10.3 Å². The second kappa shape index (κ2) is 7.65. The van der Waals surface area contributed by atoms with Gasteiger partial charge in [0.2, 0.25) is 0 Å². The highest BCUT2D eigenvalue weighted by Crippen LogP contribution is 2.21. The fourth-order valence-electron chi connectivity index (χ4n) is 2.65. The summed E-state index contributed by atoms with van der Waals surface area (Å²) in [6.07, 6.45) is 3.54. The van der Waals surface area contributed by atoms with Gasteiger partial charge in [-0.2, -0.15) is 0 Å². The fourth-order valence-corrected chi connectivity index (χ4v) is 2.65. The van der Waals surface area contributed by atoms with Gasteiger partial charge < -0.3 is 14.6 Å². The average molecular weight is 349 g/mol. The Bertz CT molecular complexity index is 902. The van der Waals surface area contributed by atoms with E-state index in [1.807, 2.05) is 48.1 Å². The number of aryl methyl sites for hydroxylation is 1. The second-order valence-electron chi connectivity index (χ2n) is 5.83. The molecule has 0 fully saturated rings. The highest BCUT2D eigenvalue weighted by atomic mass is 16.5. The van der Waals surface area contributed by atoms with Gasteiger partial charge in [-0.1, -0.05) is 30.3 Å². The molecule has 0 saturated heterocycles. The van der Waals surface area contributed by atoms with E-state index in [0.717, 1.165) is 11.4 Å². The van der Waals surface area contributed by atoms with E-state index in [0.29, 0.717) is 11.3 Å². The van der Waals surface area contributed by atoms with Crippen LogP contribution in [0.3, 0.4) is 0 Å². The van der Waals surface area contributed by atoms with Crippen molar-refractivity contribution in [3.63, 3.8) is 0 Å². The van der Waals surface area contributed by atoms with Crippen molar-refractivity contribution in [1.29, 1.82) is 0 Å². The number of ether oxygens (including phenoxy) is 1. The third-order valence-electron chi connectivity index (χ3n) is 3.90. The first kappa shape index (κ1) is 17.4. The van der Waals surface area contributed by atoms with Crippen LogP contribution in [0.2, 0.25) is 0 Å². The minimum Gasteiger partial charge on any atom is -0.427 e. The summed E-state index contributed by atoms with van der Waals surface area (Å²) >= 11 is 0. The second-order valence-corrected chi connectivity index (χ2v) is 5.83. The molecule has 1 aromatic heterocycles. The van der Waals surface area contributed by atoms with Crippen LogP contribution in [0.5, 0.6) is 5.75 Å². The third-order valence-corrected chi connectivity index (χ3v) is 3.90. The van der Waals surface area contributed by atoms with Crippen molar-refractivity contribution in [3.8, 4) is 5.75 Å². The molecule has 0 bridgehead atoms. The lowest BCUT2D eigenvalue weighted by Gasteiger charge is -2.19. The maximum atomic E-state index is 12.7. The average Bonchev–Trinajstić information content (AvgIpc) is 3.06. The number of hydrogen-bond acceptors (Lipinski definition) is 4. The summed E-state index contributed by atoms with van der Waals surface area (Å²) in [6.45, 7) is 1.33. The number of hydrogen-bond donors (Lipinski definition) is 1. The summed E-state index contributed by atoms with van der Waals surface area (Å²) in [7, 11) is 1.89. The van der Waals surface area contributed by atoms with Gasteiger partial charge in [-0.3, -0.25) is 9.59 Å². The number of carbonyl (C=O) groups excluding carboxylic acids is 2. The van der Waals surface area contributed by atoms with Crippen LogP contribution in [0.4, 0.5) is 0 Å². The van der Waals surface area contributed by atoms with Crippen molar-refractivity contribution in [2.45, 2.75) is 13.0 Å². The normalized spacial score (nSPS) is 11.6. The number of rotatable bonds is 5. The molecule has 1 amide bonds. The molecular weight excluding hydrogens is 330 g/mol. The third kappa shape index (κ3) is 3.97. The van der Waals surface area contributed by atoms with E-state index in [9.17, 15) is 9.59 Å². The molecule has 0 radical (unpaired) electrons.